The zero-order valence-corrected chi connectivity index (χ0v) is 19.6. The molecule has 120 valence electrons. The Hall–Kier alpha value is 0.560. The molecule has 0 aliphatic carbocycles. The minimum atomic E-state index is -0.0415. The quantitative estimate of drug-likeness (QED) is 0.273. The molecule has 22 heavy (non-hydrogen) atoms. The summed E-state index contributed by atoms with van der Waals surface area (Å²) in [4.78, 5) is 0. The van der Waals surface area contributed by atoms with Crippen LogP contribution in [-0.4, -0.2) is 11.3 Å². The molecular formula is C18H22Br2IP. The van der Waals surface area contributed by atoms with E-state index in [2.05, 4.69) is 112 Å². The van der Waals surface area contributed by atoms with Crippen LogP contribution in [0, 0.1) is 3.57 Å². The van der Waals surface area contributed by atoms with Crippen molar-refractivity contribution in [3.63, 3.8) is 0 Å². The van der Waals surface area contributed by atoms with Crippen LogP contribution in [0.1, 0.15) is 27.7 Å². The van der Waals surface area contributed by atoms with Crippen molar-refractivity contribution in [1.29, 1.82) is 0 Å². The molecule has 0 N–H and O–H groups in total. The molecule has 2 rings (SSSR count). The van der Waals surface area contributed by atoms with Gasteiger partial charge < -0.3 is 0 Å². The van der Waals surface area contributed by atoms with Gasteiger partial charge in [0, 0.05) is 12.5 Å². The van der Waals surface area contributed by atoms with Crippen molar-refractivity contribution in [2.24, 2.45) is 0 Å². The van der Waals surface area contributed by atoms with Gasteiger partial charge in [0.05, 0.1) is 0 Å². The first-order valence-corrected chi connectivity index (χ1v) is 11.4. The first-order chi connectivity index (χ1) is 10.3. The zero-order valence-electron chi connectivity index (χ0n) is 13.4. The van der Waals surface area contributed by atoms with Crippen LogP contribution in [-0.2, 0) is 0 Å². The highest BCUT2D eigenvalue weighted by molar-refractivity contribution is 14.1. The molecule has 0 bridgehead atoms. The third-order valence-electron chi connectivity index (χ3n) is 3.07. The molecule has 0 fully saturated rings. The SMILES string of the molecule is Brc1ccccc1I.CC(C)P(c1ccccc1Br)C(C)C. The van der Waals surface area contributed by atoms with E-state index in [0.717, 1.165) is 11.3 Å². The van der Waals surface area contributed by atoms with Gasteiger partial charge in [0.2, 0.25) is 0 Å². The zero-order chi connectivity index (χ0) is 16.7. The van der Waals surface area contributed by atoms with Crippen LogP contribution in [0.25, 0.3) is 0 Å². The van der Waals surface area contributed by atoms with E-state index in [4.69, 9.17) is 0 Å². The minimum absolute atomic E-state index is 0.0415. The monoisotopic (exact) mass is 554 g/mol. The topological polar surface area (TPSA) is 0 Å². The average molecular weight is 556 g/mol. The van der Waals surface area contributed by atoms with Gasteiger partial charge in [-0.15, -0.1) is 0 Å². The molecule has 0 aliphatic rings. The number of hydrogen-bond acceptors (Lipinski definition) is 0. The predicted molar refractivity (Wildman–Crippen MR) is 118 cm³/mol. The molecule has 0 atom stereocenters. The Bertz CT molecular complexity index is 556. The fraction of sp³-hybridized carbons (Fsp3) is 0.333. The van der Waals surface area contributed by atoms with Crippen molar-refractivity contribution in [2.75, 3.05) is 0 Å². The number of hydrogen-bond donors (Lipinski definition) is 0. The van der Waals surface area contributed by atoms with Gasteiger partial charge in [-0.2, -0.15) is 0 Å². The van der Waals surface area contributed by atoms with E-state index < -0.39 is 0 Å². The Balaban J connectivity index is 0.000000255. The molecule has 0 nitrogen and oxygen atoms in total. The summed E-state index contributed by atoms with van der Waals surface area (Å²) in [6.07, 6.45) is 0. The Labute approximate surface area is 166 Å². The van der Waals surface area contributed by atoms with E-state index in [1.807, 2.05) is 18.2 Å². The highest BCUT2D eigenvalue weighted by Crippen LogP contribution is 2.46. The number of halogens is 3. The lowest BCUT2D eigenvalue weighted by Crippen LogP contribution is -2.15. The van der Waals surface area contributed by atoms with Crippen LogP contribution in [0.3, 0.4) is 0 Å². The Kier molecular flexibility index (Phi) is 9.77. The summed E-state index contributed by atoms with van der Waals surface area (Å²) in [5.74, 6) is 0. The van der Waals surface area contributed by atoms with E-state index >= 15 is 0 Å². The van der Waals surface area contributed by atoms with Crippen LogP contribution in [0.4, 0.5) is 0 Å². The van der Waals surface area contributed by atoms with Gasteiger partial charge in [-0.3, -0.25) is 0 Å². The second-order valence-corrected chi connectivity index (χ2v) is 11.7. The third kappa shape index (κ3) is 6.59. The molecule has 0 radical (unpaired) electrons. The van der Waals surface area contributed by atoms with Gasteiger partial charge in [0.1, 0.15) is 0 Å². The van der Waals surface area contributed by atoms with Crippen molar-refractivity contribution >= 4 is 67.7 Å². The molecule has 0 saturated carbocycles. The smallest absolute Gasteiger partial charge is 0.0308 e. The normalized spacial score (nSPS) is 10.8. The first-order valence-electron chi connectivity index (χ1n) is 7.27. The van der Waals surface area contributed by atoms with Crippen LogP contribution in [0.2, 0.25) is 0 Å². The molecule has 0 aromatic heterocycles. The summed E-state index contributed by atoms with van der Waals surface area (Å²) in [6, 6.07) is 16.7. The van der Waals surface area contributed by atoms with E-state index in [1.54, 1.807) is 0 Å². The van der Waals surface area contributed by atoms with Crippen LogP contribution < -0.4 is 5.30 Å². The van der Waals surface area contributed by atoms with E-state index in [0.29, 0.717) is 0 Å². The molecule has 0 heterocycles. The number of rotatable bonds is 3. The Morgan fingerprint density at radius 3 is 1.59 bits per heavy atom. The molecule has 0 aliphatic heterocycles. The maximum Gasteiger partial charge on any atom is 0.0308 e. The van der Waals surface area contributed by atoms with Crippen LogP contribution in [0.15, 0.2) is 57.5 Å². The predicted octanol–water partition coefficient (Wildman–Crippen LogP) is 7.43. The molecule has 0 saturated heterocycles. The van der Waals surface area contributed by atoms with Crippen LogP contribution in [0.5, 0.6) is 0 Å². The average Bonchev–Trinajstić information content (AvgIpc) is 2.44. The highest BCUT2D eigenvalue weighted by Gasteiger charge is 2.20. The summed E-state index contributed by atoms with van der Waals surface area (Å²) in [5, 5.41) is 1.51. The lowest BCUT2D eigenvalue weighted by molar-refractivity contribution is 1.02. The van der Waals surface area contributed by atoms with Gasteiger partial charge >= 0.3 is 0 Å². The fourth-order valence-corrected chi connectivity index (χ4v) is 6.71. The second-order valence-electron chi connectivity index (χ2n) is 5.46. The summed E-state index contributed by atoms with van der Waals surface area (Å²) in [7, 11) is -0.0415. The molecule has 0 unspecified atom stereocenters. The van der Waals surface area contributed by atoms with Crippen molar-refractivity contribution in [1.82, 2.24) is 0 Å². The van der Waals surface area contributed by atoms with E-state index in [9.17, 15) is 0 Å². The van der Waals surface area contributed by atoms with Crippen molar-refractivity contribution in [3.05, 3.63) is 61.0 Å². The maximum atomic E-state index is 3.65. The molecule has 0 spiro atoms. The van der Waals surface area contributed by atoms with E-state index in [1.165, 1.54) is 17.8 Å². The maximum absolute atomic E-state index is 3.65. The summed E-state index contributed by atoms with van der Waals surface area (Å²) in [5.41, 5.74) is 1.51. The molecular weight excluding hydrogens is 534 g/mol. The molecule has 2 aromatic carbocycles. The minimum Gasteiger partial charge on any atom is -0.0688 e. The van der Waals surface area contributed by atoms with Gasteiger partial charge in [-0.05, 0) is 73.3 Å². The second kappa shape index (κ2) is 10.4. The van der Waals surface area contributed by atoms with E-state index in [-0.39, 0.29) is 7.92 Å². The summed E-state index contributed by atoms with van der Waals surface area (Å²) < 4.78 is 3.69. The highest BCUT2D eigenvalue weighted by atomic mass is 127. The Morgan fingerprint density at radius 2 is 1.23 bits per heavy atom. The lowest BCUT2D eigenvalue weighted by Gasteiger charge is -2.27. The summed E-state index contributed by atoms with van der Waals surface area (Å²) >= 11 is 9.31. The summed E-state index contributed by atoms with van der Waals surface area (Å²) in [6.45, 7) is 9.30. The van der Waals surface area contributed by atoms with Gasteiger partial charge in [-0.25, -0.2) is 0 Å². The molecule has 2 aromatic rings. The third-order valence-corrected chi connectivity index (χ3v) is 9.61. The Morgan fingerprint density at radius 1 is 0.773 bits per heavy atom. The molecule has 0 amide bonds. The van der Waals surface area contributed by atoms with Crippen molar-refractivity contribution in [3.8, 4) is 0 Å². The number of benzene rings is 2. The standard InChI is InChI=1S/C12H18BrP.C6H4BrI/c1-9(2)14(10(3)4)12-8-6-5-7-11(12)13;7-5-3-1-2-4-6(5)8/h5-10H,1-4H3;1-4H. The molecule has 4 heteroatoms. The van der Waals surface area contributed by atoms with Crippen LogP contribution >= 0.6 is 62.4 Å². The largest absolute Gasteiger partial charge is 0.0688 e. The fourth-order valence-electron chi connectivity index (χ4n) is 2.25. The van der Waals surface area contributed by atoms with Gasteiger partial charge in [-0.1, -0.05) is 81.9 Å². The van der Waals surface area contributed by atoms with Crippen molar-refractivity contribution < 1.29 is 0 Å². The van der Waals surface area contributed by atoms with Crippen molar-refractivity contribution in [2.45, 2.75) is 39.0 Å². The van der Waals surface area contributed by atoms with Gasteiger partial charge in [0.15, 0.2) is 0 Å². The lowest BCUT2D eigenvalue weighted by atomic mass is 10.4. The van der Waals surface area contributed by atoms with Gasteiger partial charge in [0.25, 0.3) is 0 Å². The first kappa shape index (κ1) is 20.6.